The van der Waals surface area contributed by atoms with Gasteiger partial charge in [0, 0.05) is 5.41 Å². The van der Waals surface area contributed by atoms with Crippen LogP contribution < -0.4 is 0 Å². The van der Waals surface area contributed by atoms with Crippen LogP contribution in [0.1, 0.15) is 26.5 Å². The minimum atomic E-state index is -0.665. The molecule has 5 nitrogen and oxygen atoms in total. The fourth-order valence-corrected chi connectivity index (χ4v) is 2.42. The Morgan fingerprint density at radius 1 is 1.33 bits per heavy atom. The molecule has 0 aliphatic carbocycles. The fourth-order valence-electron chi connectivity index (χ4n) is 1.90. The predicted octanol–water partition coefficient (Wildman–Crippen LogP) is 4.52. The number of hydrogen-bond acceptors (Lipinski definition) is 3. The average Bonchev–Trinajstić information content (AvgIpc) is 2.67. The normalized spacial score (nSPS) is 11.7. The summed E-state index contributed by atoms with van der Waals surface area (Å²) in [5, 5.41) is 15.1. The Balaban J connectivity index is 2.81. The van der Waals surface area contributed by atoms with Gasteiger partial charge < -0.3 is 0 Å². The van der Waals surface area contributed by atoms with Gasteiger partial charge in [0.05, 0.1) is 9.95 Å². The first kappa shape index (κ1) is 15.7. The van der Waals surface area contributed by atoms with E-state index in [4.69, 9.17) is 23.2 Å². The summed E-state index contributed by atoms with van der Waals surface area (Å²) >= 11 is 12.0. The minimum absolute atomic E-state index is 0.0646. The number of nitrogens with zero attached hydrogens (tertiary/aromatic N) is 3. The van der Waals surface area contributed by atoms with E-state index in [2.05, 4.69) is 5.10 Å². The van der Waals surface area contributed by atoms with Crippen molar-refractivity contribution in [1.29, 1.82) is 0 Å². The zero-order valence-corrected chi connectivity index (χ0v) is 13.0. The number of hydrogen-bond donors (Lipinski definition) is 0. The smallest absolute Gasteiger partial charge is 0.258 e. The molecule has 8 heteroatoms. The van der Waals surface area contributed by atoms with Gasteiger partial charge in [-0.05, 0) is 12.1 Å². The average molecular weight is 332 g/mol. The summed E-state index contributed by atoms with van der Waals surface area (Å²) in [6.07, 6.45) is 0. The molecule has 0 spiro atoms. The SMILES string of the molecule is CC(C)(C)c1nn(-c2c(F)cccc2Cl)c(Cl)c1[N+](=O)[O-]. The molecular weight excluding hydrogens is 320 g/mol. The number of halogens is 3. The van der Waals surface area contributed by atoms with Crippen LogP contribution in [0.15, 0.2) is 18.2 Å². The van der Waals surface area contributed by atoms with Crippen LogP contribution in [0.25, 0.3) is 5.69 Å². The Bertz CT molecular complexity index is 703. The second kappa shape index (κ2) is 5.27. The Morgan fingerprint density at radius 3 is 2.38 bits per heavy atom. The van der Waals surface area contributed by atoms with E-state index in [-0.39, 0.29) is 27.2 Å². The van der Waals surface area contributed by atoms with E-state index >= 15 is 0 Å². The number of benzene rings is 1. The van der Waals surface area contributed by atoms with Crippen molar-refractivity contribution in [1.82, 2.24) is 9.78 Å². The molecule has 1 heterocycles. The van der Waals surface area contributed by atoms with Crippen molar-refractivity contribution in [2.45, 2.75) is 26.2 Å². The van der Waals surface area contributed by atoms with Crippen LogP contribution in [0.2, 0.25) is 10.2 Å². The molecular formula is C13H12Cl2FN3O2. The quantitative estimate of drug-likeness (QED) is 0.600. The molecule has 2 aromatic rings. The number of para-hydroxylation sites is 1. The third kappa shape index (κ3) is 2.73. The summed E-state index contributed by atoms with van der Waals surface area (Å²) < 4.78 is 15.0. The third-order valence-corrected chi connectivity index (χ3v) is 3.49. The van der Waals surface area contributed by atoms with E-state index < -0.39 is 16.2 Å². The van der Waals surface area contributed by atoms with Gasteiger partial charge in [-0.1, -0.05) is 50.0 Å². The molecule has 0 aliphatic heterocycles. The predicted molar refractivity (Wildman–Crippen MR) is 78.9 cm³/mol. The maximum absolute atomic E-state index is 14.0. The lowest BCUT2D eigenvalue weighted by atomic mass is 9.91. The maximum atomic E-state index is 14.0. The number of rotatable bonds is 2. The molecule has 0 saturated heterocycles. The van der Waals surface area contributed by atoms with Gasteiger partial charge in [-0.15, -0.1) is 0 Å². The second-order valence-electron chi connectivity index (χ2n) is 5.48. The lowest BCUT2D eigenvalue weighted by Gasteiger charge is -2.13. The van der Waals surface area contributed by atoms with E-state index in [1.807, 2.05) is 0 Å². The molecule has 1 aromatic carbocycles. The highest BCUT2D eigenvalue weighted by Crippen LogP contribution is 2.38. The standard InChI is InChI=1S/C13H12Cl2FN3O2/c1-13(2,3)11-10(19(20)21)12(15)18(17-11)9-7(14)5-4-6-8(9)16/h4-6H,1-3H3. The van der Waals surface area contributed by atoms with E-state index in [0.717, 1.165) is 4.68 Å². The second-order valence-corrected chi connectivity index (χ2v) is 6.24. The Kier molecular flexibility index (Phi) is 3.95. The Labute approximate surface area is 130 Å². The Hall–Kier alpha value is -1.66. The van der Waals surface area contributed by atoms with Gasteiger partial charge in [0.1, 0.15) is 17.2 Å². The summed E-state index contributed by atoms with van der Waals surface area (Å²) in [5.41, 5.74) is -0.919. The van der Waals surface area contributed by atoms with Gasteiger partial charge >= 0.3 is 5.69 Å². The molecule has 0 unspecified atom stereocenters. The van der Waals surface area contributed by atoms with E-state index in [1.165, 1.54) is 18.2 Å². The molecule has 0 radical (unpaired) electrons. The van der Waals surface area contributed by atoms with Gasteiger partial charge in [0.15, 0.2) is 0 Å². The first-order chi connectivity index (χ1) is 9.64. The van der Waals surface area contributed by atoms with Gasteiger partial charge in [-0.2, -0.15) is 5.10 Å². The molecule has 0 aliphatic rings. The molecule has 21 heavy (non-hydrogen) atoms. The van der Waals surface area contributed by atoms with Crippen molar-refractivity contribution in [3.63, 3.8) is 0 Å². The zero-order valence-electron chi connectivity index (χ0n) is 11.5. The van der Waals surface area contributed by atoms with Gasteiger partial charge in [-0.3, -0.25) is 10.1 Å². The highest BCUT2D eigenvalue weighted by molar-refractivity contribution is 6.34. The maximum Gasteiger partial charge on any atom is 0.330 e. The van der Waals surface area contributed by atoms with Crippen molar-refractivity contribution in [2.24, 2.45) is 0 Å². The van der Waals surface area contributed by atoms with Crippen LogP contribution in [-0.4, -0.2) is 14.7 Å². The van der Waals surface area contributed by atoms with Crippen LogP contribution >= 0.6 is 23.2 Å². The molecule has 0 saturated carbocycles. The van der Waals surface area contributed by atoms with Gasteiger partial charge in [0.25, 0.3) is 0 Å². The minimum Gasteiger partial charge on any atom is -0.258 e. The number of aromatic nitrogens is 2. The summed E-state index contributed by atoms with van der Waals surface area (Å²) in [6.45, 7) is 5.27. The summed E-state index contributed by atoms with van der Waals surface area (Å²) in [4.78, 5) is 10.6. The van der Waals surface area contributed by atoms with Crippen LogP contribution in [-0.2, 0) is 5.41 Å². The van der Waals surface area contributed by atoms with Crippen molar-refractivity contribution in [3.8, 4) is 5.69 Å². The lowest BCUT2D eigenvalue weighted by molar-refractivity contribution is -0.385. The van der Waals surface area contributed by atoms with E-state index in [1.54, 1.807) is 20.8 Å². The highest BCUT2D eigenvalue weighted by atomic mass is 35.5. The van der Waals surface area contributed by atoms with Gasteiger partial charge in [0.2, 0.25) is 5.15 Å². The molecule has 0 bridgehead atoms. The molecule has 2 rings (SSSR count). The molecule has 0 N–H and O–H groups in total. The Morgan fingerprint density at radius 2 is 1.95 bits per heavy atom. The van der Waals surface area contributed by atoms with Crippen molar-refractivity contribution in [3.05, 3.63) is 50.0 Å². The van der Waals surface area contributed by atoms with E-state index in [0.29, 0.717) is 0 Å². The van der Waals surface area contributed by atoms with Crippen molar-refractivity contribution < 1.29 is 9.31 Å². The van der Waals surface area contributed by atoms with Crippen LogP contribution in [0.5, 0.6) is 0 Å². The van der Waals surface area contributed by atoms with Crippen LogP contribution in [0.4, 0.5) is 10.1 Å². The summed E-state index contributed by atoms with van der Waals surface area (Å²) in [6, 6.07) is 4.07. The topological polar surface area (TPSA) is 61.0 Å². The largest absolute Gasteiger partial charge is 0.330 e. The molecule has 0 amide bonds. The monoisotopic (exact) mass is 331 g/mol. The number of nitro groups is 1. The van der Waals surface area contributed by atoms with Crippen LogP contribution in [0, 0.1) is 15.9 Å². The summed E-state index contributed by atoms with van der Waals surface area (Å²) in [7, 11) is 0. The zero-order chi connectivity index (χ0) is 15.9. The van der Waals surface area contributed by atoms with Gasteiger partial charge in [-0.25, -0.2) is 9.07 Å². The van der Waals surface area contributed by atoms with Crippen LogP contribution in [0.3, 0.4) is 0 Å². The van der Waals surface area contributed by atoms with E-state index in [9.17, 15) is 14.5 Å². The summed E-state index contributed by atoms with van der Waals surface area (Å²) in [5.74, 6) is -0.665. The lowest BCUT2D eigenvalue weighted by Crippen LogP contribution is -2.14. The molecule has 0 fully saturated rings. The fraction of sp³-hybridized carbons (Fsp3) is 0.308. The third-order valence-electron chi connectivity index (χ3n) is 2.85. The first-order valence-electron chi connectivity index (χ1n) is 6.02. The molecule has 112 valence electrons. The highest BCUT2D eigenvalue weighted by Gasteiger charge is 2.35. The van der Waals surface area contributed by atoms with Crippen molar-refractivity contribution in [2.75, 3.05) is 0 Å². The molecule has 1 aromatic heterocycles. The first-order valence-corrected chi connectivity index (χ1v) is 6.78. The van der Waals surface area contributed by atoms with Crippen molar-refractivity contribution >= 4 is 28.9 Å². The molecule has 0 atom stereocenters.